The summed E-state index contributed by atoms with van der Waals surface area (Å²) in [6, 6.07) is 14.0. The second kappa shape index (κ2) is 5.89. The lowest BCUT2D eigenvalue weighted by Crippen LogP contribution is -2.06. The van der Waals surface area contributed by atoms with E-state index in [1.54, 1.807) is 36.4 Å². The Morgan fingerprint density at radius 2 is 2.10 bits per heavy atom. The molecule has 20 heavy (non-hydrogen) atoms. The van der Waals surface area contributed by atoms with Crippen molar-refractivity contribution in [3.8, 4) is 6.07 Å². The lowest BCUT2D eigenvalue weighted by atomic mass is 10.1. The Labute approximate surface area is 117 Å². The van der Waals surface area contributed by atoms with E-state index in [2.05, 4.69) is 0 Å². The number of aryl methyl sites for hydroxylation is 1. The quantitative estimate of drug-likeness (QED) is 0.684. The Balaban J connectivity index is 2.05. The normalized spacial score (nSPS) is 9.80. The third kappa shape index (κ3) is 3.15. The van der Waals surface area contributed by atoms with Gasteiger partial charge in [-0.1, -0.05) is 12.1 Å². The highest BCUT2D eigenvalue weighted by Gasteiger charge is 2.08. The van der Waals surface area contributed by atoms with Gasteiger partial charge in [-0.2, -0.15) is 5.26 Å². The molecule has 0 spiro atoms. The van der Waals surface area contributed by atoms with Gasteiger partial charge in [0.05, 0.1) is 17.2 Å². The summed E-state index contributed by atoms with van der Waals surface area (Å²) in [5, 5.41) is 8.80. The highest BCUT2D eigenvalue weighted by Crippen LogP contribution is 2.14. The number of hydrogen-bond donors (Lipinski definition) is 1. The molecule has 0 aliphatic rings. The minimum atomic E-state index is -0.407. The van der Waals surface area contributed by atoms with Gasteiger partial charge < -0.3 is 10.5 Å². The number of nitriles is 1. The van der Waals surface area contributed by atoms with Crippen molar-refractivity contribution in [1.29, 1.82) is 5.26 Å². The second-order valence-corrected chi connectivity index (χ2v) is 4.46. The van der Waals surface area contributed by atoms with Crippen molar-refractivity contribution in [3.05, 3.63) is 64.7 Å². The zero-order valence-electron chi connectivity index (χ0n) is 11.1. The van der Waals surface area contributed by atoms with Crippen LogP contribution in [-0.2, 0) is 11.3 Å². The van der Waals surface area contributed by atoms with Crippen LogP contribution in [0.1, 0.15) is 27.0 Å². The van der Waals surface area contributed by atoms with Gasteiger partial charge in [-0.25, -0.2) is 4.79 Å². The van der Waals surface area contributed by atoms with E-state index in [9.17, 15) is 4.79 Å². The third-order valence-corrected chi connectivity index (χ3v) is 2.93. The topological polar surface area (TPSA) is 76.1 Å². The molecular weight excluding hydrogens is 252 g/mol. The summed E-state index contributed by atoms with van der Waals surface area (Å²) in [6.07, 6.45) is 0. The molecule has 0 saturated carbocycles. The van der Waals surface area contributed by atoms with Gasteiger partial charge >= 0.3 is 5.97 Å². The number of nitrogens with zero attached hydrogens (tertiary/aromatic N) is 1. The molecule has 2 rings (SSSR count). The highest BCUT2D eigenvalue weighted by atomic mass is 16.5. The van der Waals surface area contributed by atoms with Crippen LogP contribution in [0.2, 0.25) is 0 Å². The molecule has 0 atom stereocenters. The molecule has 100 valence electrons. The molecule has 0 bridgehead atoms. The maximum atomic E-state index is 11.9. The zero-order valence-corrected chi connectivity index (χ0v) is 11.1. The number of hydrogen-bond acceptors (Lipinski definition) is 4. The Hall–Kier alpha value is -2.80. The van der Waals surface area contributed by atoms with Crippen LogP contribution in [-0.4, -0.2) is 5.97 Å². The first-order valence-electron chi connectivity index (χ1n) is 6.12. The van der Waals surface area contributed by atoms with Gasteiger partial charge in [-0.05, 0) is 48.4 Å². The molecule has 0 aliphatic heterocycles. The smallest absolute Gasteiger partial charge is 0.338 e. The number of nitrogen functional groups attached to an aromatic ring is 1. The molecule has 0 radical (unpaired) electrons. The molecule has 0 heterocycles. The van der Waals surface area contributed by atoms with Gasteiger partial charge in [0.15, 0.2) is 0 Å². The van der Waals surface area contributed by atoms with Gasteiger partial charge in [0.25, 0.3) is 0 Å². The number of carbonyl (C=O) groups is 1. The van der Waals surface area contributed by atoms with Crippen LogP contribution in [0.5, 0.6) is 0 Å². The Morgan fingerprint density at radius 3 is 2.80 bits per heavy atom. The highest BCUT2D eigenvalue weighted by molar-refractivity contribution is 5.90. The second-order valence-electron chi connectivity index (χ2n) is 4.46. The fourth-order valence-electron chi connectivity index (χ4n) is 1.77. The largest absolute Gasteiger partial charge is 0.457 e. The van der Waals surface area contributed by atoms with E-state index in [-0.39, 0.29) is 6.61 Å². The molecule has 2 aromatic rings. The average molecular weight is 266 g/mol. The molecule has 2 N–H and O–H groups in total. The van der Waals surface area contributed by atoms with Crippen molar-refractivity contribution < 1.29 is 9.53 Å². The predicted octanol–water partition coefficient (Wildman–Crippen LogP) is 2.81. The number of esters is 1. The summed E-state index contributed by atoms with van der Waals surface area (Å²) >= 11 is 0. The van der Waals surface area contributed by atoms with Crippen molar-refractivity contribution >= 4 is 11.7 Å². The minimum Gasteiger partial charge on any atom is -0.457 e. The van der Waals surface area contributed by atoms with E-state index in [4.69, 9.17) is 15.7 Å². The molecule has 0 unspecified atom stereocenters. The van der Waals surface area contributed by atoms with Crippen molar-refractivity contribution in [1.82, 2.24) is 0 Å². The van der Waals surface area contributed by atoms with Gasteiger partial charge in [0.1, 0.15) is 6.61 Å². The van der Waals surface area contributed by atoms with Crippen molar-refractivity contribution in [2.45, 2.75) is 13.5 Å². The number of nitrogens with two attached hydrogens (primary N) is 1. The first kappa shape index (κ1) is 13.6. The van der Waals surface area contributed by atoms with E-state index in [1.807, 2.05) is 19.1 Å². The molecule has 0 fully saturated rings. The predicted molar refractivity (Wildman–Crippen MR) is 75.9 cm³/mol. The summed E-state index contributed by atoms with van der Waals surface area (Å²) in [4.78, 5) is 11.9. The van der Waals surface area contributed by atoms with Gasteiger partial charge in [0.2, 0.25) is 0 Å². The molecule has 4 nitrogen and oxygen atoms in total. The summed E-state index contributed by atoms with van der Waals surface area (Å²) in [5.41, 5.74) is 8.98. The zero-order chi connectivity index (χ0) is 14.5. The van der Waals surface area contributed by atoms with E-state index in [0.717, 1.165) is 11.1 Å². The maximum absolute atomic E-state index is 11.9. The van der Waals surface area contributed by atoms with E-state index in [1.165, 1.54) is 0 Å². The minimum absolute atomic E-state index is 0.137. The van der Waals surface area contributed by atoms with Crippen molar-refractivity contribution in [2.24, 2.45) is 0 Å². The molecule has 0 saturated heterocycles. The summed E-state index contributed by atoms with van der Waals surface area (Å²) < 4.78 is 5.22. The number of ether oxygens (including phenoxy) is 1. The van der Waals surface area contributed by atoms with Crippen LogP contribution in [0.25, 0.3) is 0 Å². The lowest BCUT2D eigenvalue weighted by Gasteiger charge is -2.07. The SMILES string of the molecule is Cc1cc(C(=O)OCc2cccc(C#N)c2)ccc1N. The molecule has 4 heteroatoms. The first-order valence-corrected chi connectivity index (χ1v) is 6.12. The fraction of sp³-hybridized carbons (Fsp3) is 0.125. The Kier molecular flexibility index (Phi) is 4.02. The van der Waals surface area contributed by atoms with Gasteiger partial charge in [-0.15, -0.1) is 0 Å². The molecule has 0 amide bonds. The fourth-order valence-corrected chi connectivity index (χ4v) is 1.77. The van der Waals surface area contributed by atoms with E-state index >= 15 is 0 Å². The van der Waals surface area contributed by atoms with Crippen LogP contribution in [0, 0.1) is 18.3 Å². The van der Waals surface area contributed by atoms with Crippen LogP contribution in [0.15, 0.2) is 42.5 Å². The van der Waals surface area contributed by atoms with Crippen LogP contribution < -0.4 is 5.73 Å². The van der Waals surface area contributed by atoms with Gasteiger partial charge in [0, 0.05) is 5.69 Å². The Bertz CT molecular complexity index is 687. The van der Waals surface area contributed by atoms with Crippen LogP contribution in [0.4, 0.5) is 5.69 Å². The maximum Gasteiger partial charge on any atom is 0.338 e. The third-order valence-electron chi connectivity index (χ3n) is 2.93. The van der Waals surface area contributed by atoms with Crippen molar-refractivity contribution in [2.75, 3.05) is 5.73 Å². The van der Waals surface area contributed by atoms with E-state index in [0.29, 0.717) is 16.8 Å². The summed E-state index contributed by atoms with van der Waals surface area (Å²) in [7, 11) is 0. The van der Waals surface area contributed by atoms with Crippen LogP contribution in [0.3, 0.4) is 0 Å². The monoisotopic (exact) mass is 266 g/mol. The molecular formula is C16H14N2O2. The molecule has 0 aromatic heterocycles. The molecule has 0 aliphatic carbocycles. The summed E-state index contributed by atoms with van der Waals surface area (Å²) in [5.74, 6) is -0.407. The number of anilines is 1. The Morgan fingerprint density at radius 1 is 1.30 bits per heavy atom. The van der Waals surface area contributed by atoms with Gasteiger partial charge in [-0.3, -0.25) is 0 Å². The summed E-state index contributed by atoms with van der Waals surface area (Å²) in [6.45, 7) is 1.97. The first-order chi connectivity index (χ1) is 9.60. The number of rotatable bonds is 3. The van der Waals surface area contributed by atoms with Crippen molar-refractivity contribution in [3.63, 3.8) is 0 Å². The molecule has 2 aromatic carbocycles. The number of benzene rings is 2. The van der Waals surface area contributed by atoms with Crippen LogP contribution >= 0.6 is 0 Å². The number of carbonyl (C=O) groups excluding carboxylic acids is 1. The average Bonchev–Trinajstić information content (AvgIpc) is 2.47. The standard InChI is InChI=1S/C16H14N2O2/c1-11-7-14(5-6-15(11)18)16(19)20-10-13-4-2-3-12(8-13)9-17/h2-8H,10,18H2,1H3. The lowest BCUT2D eigenvalue weighted by molar-refractivity contribution is 0.0472. The van der Waals surface area contributed by atoms with E-state index < -0.39 is 5.97 Å².